The Kier molecular flexibility index (Phi) is 4.66. The first-order valence-corrected chi connectivity index (χ1v) is 10.0. The lowest BCUT2D eigenvalue weighted by Gasteiger charge is -2.21. The molecule has 1 saturated carbocycles. The molecule has 0 bridgehead atoms. The second-order valence-corrected chi connectivity index (χ2v) is 8.49. The van der Waals surface area contributed by atoms with Crippen LogP contribution in [0.25, 0.3) is 11.3 Å². The highest BCUT2D eigenvalue weighted by molar-refractivity contribution is 7.90. The number of aromatic amines is 1. The van der Waals surface area contributed by atoms with Gasteiger partial charge in [0.15, 0.2) is 9.84 Å². The van der Waals surface area contributed by atoms with Crippen LogP contribution in [0.2, 0.25) is 0 Å². The van der Waals surface area contributed by atoms with Crippen LogP contribution in [0.1, 0.15) is 49.5 Å². The van der Waals surface area contributed by atoms with Crippen LogP contribution in [0.15, 0.2) is 29.2 Å². The first-order chi connectivity index (χ1) is 11.7. The summed E-state index contributed by atoms with van der Waals surface area (Å²) in [6.45, 7) is 0. The fourth-order valence-electron chi connectivity index (χ4n) is 3.29. The zero-order valence-electron chi connectivity index (χ0n) is 13.7. The molecule has 25 heavy (non-hydrogen) atoms. The van der Waals surface area contributed by atoms with E-state index in [-0.39, 0.29) is 16.5 Å². The highest BCUT2D eigenvalue weighted by Gasteiger charge is 2.37. The molecule has 136 valence electrons. The van der Waals surface area contributed by atoms with Crippen LogP contribution >= 0.6 is 0 Å². The van der Waals surface area contributed by atoms with Crippen molar-refractivity contribution >= 4 is 9.84 Å². The maximum Gasteiger partial charge on any atom is 0.449 e. The SMILES string of the molecule is CS(=O)(=O)c1ccc(-c2nc(C(F)(F)F)[nH]c2C2CCCCC2)cc1. The second kappa shape index (κ2) is 6.48. The molecule has 4 nitrogen and oxygen atoms in total. The highest BCUT2D eigenvalue weighted by Crippen LogP contribution is 2.39. The van der Waals surface area contributed by atoms with E-state index < -0.39 is 21.8 Å². The van der Waals surface area contributed by atoms with Gasteiger partial charge in [0.1, 0.15) is 0 Å². The molecule has 0 amide bonds. The van der Waals surface area contributed by atoms with Crippen molar-refractivity contribution in [3.05, 3.63) is 35.8 Å². The molecule has 2 aromatic rings. The van der Waals surface area contributed by atoms with Crippen molar-refractivity contribution in [2.45, 2.75) is 49.1 Å². The van der Waals surface area contributed by atoms with Gasteiger partial charge in [0.25, 0.3) is 0 Å². The van der Waals surface area contributed by atoms with Gasteiger partial charge in [-0.15, -0.1) is 0 Å². The largest absolute Gasteiger partial charge is 0.449 e. The Morgan fingerprint density at radius 2 is 1.68 bits per heavy atom. The van der Waals surface area contributed by atoms with E-state index in [2.05, 4.69) is 9.97 Å². The Labute approximate surface area is 144 Å². The minimum atomic E-state index is -4.55. The van der Waals surface area contributed by atoms with Crippen LogP contribution in [-0.4, -0.2) is 24.6 Å². The average molecular weight is 372 g/mol. The third kappa shape index (κ3) is 3.89. The van der Waals surface area contributed by atoms with Crippen LogP contribution in [0.3, 0.4) is 0 Å². The maximum absolute atomic E-state index is 13.1. The number of alkyl halides is 3. The summed E-state index contributed by atoms with van der Waals surface area (Å²) in [6, 6.07) is 5.83. The van der Waals surface area contributed by atoms with E-state index in [1.54, 1.807) is 0 Å². The highest BCUT2D eigenvalue weighted by atomic mass is 32.2. The molecule has 0 aliphatic heterocycles. The second-order valence-electron chi connectivity index (χ2n) is 6.48. The molecule has 1 aromatic heterocycles. The van der Waals surface area contributed by atoms with Gasteiger partial charge in [-0.1, -0.05) is 31.4 Å². The van der Waals surface area contributed by atoms with E-state index in [9.17, 15) is 21.6 Å². The van der Waals surface area contributed by atoms with Gasteiger partial charge in [-0.05, 0) is 25.0 Å². The maximum atomic E-state index is 13.1. The predicted molar refractivity (Wildman–Crippen MR) is 88.0 cm³/mol. The predicted octanol–water partition coefficient (Wildman–Crippen LogP) is 4.55. The molecule has 1 fully saturated rings. The number of hydrogen-bond donors (Lipinski definition) is 1. The first kappa shape index (κ1) is 18.0. The molecule has 1 aromatic carbocycles. The van der Waals surface area contributed by atoms with E-state index in [0.29, 0.717) is 11.3 Å². The number of nitrogens with zero attached hydrogens (tertiary/aromatic N) is 1. The van der Waals surface area contributed by atoms with E-state index in [1.807, 2.05) is 0 Å². The van der Waals surface area contributed by atoms with Gasteiger partial charge < -0.3 is 4.98 Å². The smallest absolute Gasteiger partial charge is 0.337 e. The van der Waals surface area contributed by atoms with Crippen LogP contribution in [-0.2, 0) is 16.0 Å². The molecule has 0 atom stereocenters. The zero-order chi connectivity index (χ0) is 18.2. The van der Waals surface area contributed by atoms with Crippen LogP contribution < -0.4 is 0 Å². The summed E-state index contributed by atoms with van der Waals surface area (Å²) >= 11 is 0. The van der Waals surface area contributed by atoms with Gasteiger partial charge >= 0.3 is 6.18 Å². The Morgan fingerprint density at radius 1 is 1.08 bits per heavy atom. The average Bonchev–Trinajstić information content (AvgIpc) is 3.00. The molecule has 3 rings (SSSR count). The minimum absolute atomic E-state index is 0.0157. The lowest BCUT2D eigenvalue weighted by atomic mass is 9.85. The Bertz CT molecular complexity index is 849. The van der Waals surface area contributed by atoms with Crippen molar-refractivity contribution < 1.29 is 21.6 Å². The number of aromatic nitrogens is 2. The third-order valence-corrected chi connectivity index (χ3v) is 5.70. The molecule has 0 unspecified atom stereocenters. The molecular formula is C17H19F3N2O2S. The summed E-state index contributed by atoms with van der Waals surface area (Å²) in [5.41, 5.74) is 1.25. The molecular weight excluding hydrogens is 353 g/mol. The monoisotopic (exact) mass is 372 g/mol. The normalized spacial score (nSPS) is 17.0. The van der Waals surface area contributed by atoms with Crippen molar-refractivity contribution in [2.24, 2.45) is 0 Å². The summed E-state index contributed by atoms with van der Waals surface area (Å²) in [7, 11) is -3.36. The fourth-order valence-corrected chi connectivity index (χ4v) is 3.92. The van der Waals surface area contributed by atoms with Crippen molar-refractivity contribution in [3.8, 4) is 11.3 Å². The zero-order valence-corrected chi connectivity index (χ0v) is 14.5. The Balaban J connectivity index is 2.05. The number of sulfone groups is 1. The standard InChI is InChI=1S/C17H19F3N2O2S/c1-25(23,24)13-9-7-12(8-10-13)15-14(11-5-3-2-4-6-11)21-16(22-15)17(18,19)20/h7-11H,2-6H2,1H3,(H,21,22). The Hall–Kier alpha value is -1.83. The van der Waals surface area contributed by atoms with Gasteiger partial charge in [0.2, 0.25) is 5.82 Å². The fraction of sp³-hybridized carbons (Fsp3) is 0.471. The number of rotatable bonds is 3. The molecule has 0 spiro atoms. The van der Waals surface area contributed by atoms with E-state index in [1.165, 1.54) is 24.3 Å². The Morgan fingerprint density at radius 3 is 2.20 bits per heavy atom. The van der Waals surface area contributed by atoms with Crippen molar-refractivity contribution in [1.29, 1.82) is 0 Å². The molecule has 1 aliphatic rings. The number of benzene rings is 1. The number of H-pyrrole nitrogens is 1. The van der Waals surface area contributed by atoms with Crippen LogP contribution in [0.4, 0.5) is 13.2 Å². The minimum Gasteiger partial charge on any atom is -0.337 e. The number of halogens is 3. The summed E-state index contributed by atoms with van der Waals surface area (Å²) in [5, 5.41) is 0. The number of imidazole rings is 1. The van der Waals surface area contributed by atoms with Gasteiger partial charge in [-0.25, -0.2) is 13.4 Å². The summed E-state index contributed by atoms with van der Waals surface area (Å²) in [6.07, 6.45) is 1.26. The van der Waals surface area contributed by atoms with Gasteiger partial charge in [0, 0.05) is 23.4 Å². The molecule has 0 radical (unpaired) electrons. The van der Waals surface area contributed by atoms with E-state index >= 15 is 0 Å². The number of nitrogens with one attached hydrogen (secondary N) is 1. The first-order valence-electron chi connectivity index (χ1n) is 8.14. The van der Waals surface area contributed by atoms with Gasteiger partial charge in [0.05, 0.1) is 10.6 Å². The van der Waals surface area contributed by atoms with Crippen molar-refractivity contribution in [2.75, 3.05) is 6.26 Å². The van der Waals surface area contributed by atoms with E-state index in [0.717, 1.165) is 38.4 Å². The van der Waals surface area contributed by atoms with Gasteiger partial charge in [-0.2, -0.15) is 13.2 Å². The van der Waals surface area contributed by atoms with Crippen LogP contribution in [0.5, 0.6) is 0 Å². The lowest BCUT2D eigenvalue weighted by Crippen LogP contribution is -2.09. The van der Waals surface area contributed by atoms with Crippen molar-refractivity contribution in [1.82, 2.24) is 9.97 Å². The summed E-state index contributed by atoms with van der Waals surface area (Å²) in [4.78, 5) is 6.40. The molecule has 1 N–H and O–H groups in total. The van der Waals surface area contributed by atoms with Crippen LogP contribution in [0, 0.1) is 0 Å². The number of hydrogen-bond acceptors (Lipinski definition) is 3. The third-order valence-electron chi connectivity index (χ3n) is 4.57. The lowest BCUT2D eigenvalue weighted by molar-refractivity contribution is -0.144. The quantitative estimate of drug-likeness (QED) is 0.860. The summed E-state index contributed by atoms with van der Waals surface area (Å²) in [5.74, 6) is -0.989. The summed E-state index contributed by atoms with van der Waals surface area (Å²) < 4.78 is 62.5. The topological polar surface area (TPSA) is 62.8 Å². The van der Waals surface area contributed by atoms with E-state index in [4.69, 9.17) is 0 Å². The van der Waals surface area contributed by atoms with Crippen molar-refractivity contribution in [3.63, 3.8) is 0 Å². The molecule has 1 heterocycles. The molecule has 0 saturated heterocycles. The molecule has 1 aliphatic carbocycles. The molecule has 8 heteroatoms. The van der Waals surface area contributed by atoms with Gasteiger partial charge in [-0.3, -0.25) is 0 Å².